The second kappa shape index (κ2) is 16.3. The lowest BCUT2D eigenvalue weighted by Crippen LogP contribution is -2.41. The zero-order chi connectivity index (χ0) is 37.9. The molecule has 1 heterocycles. The molecular weight excluding hydrogens is 689 g/mol. The summed E-state index contributed by atoms with van der Waals surface area (Å²) in [5, 5.41) is 13.7. The molecule has 2 atom stereocenters. The number of carbonyl (C=O) groups excluding carboxylic acids is 2. The highest BCUT2D eigenvalue weighted by Gasteiger charge is 2.39. The van der Waals surface area contributed by atoms with Gasteiger partial charge in [-0.1, -0.05) is 56.5 Å². The van der Waals surface area contributed by atoms with E-state index < -0.39 is 11.9 Å². The third-order valence-electron chi connectivity index (χ3n) is 11.6. The Bertz CT molecular complexity index is 2010. The van der Waals surface area contributed by atoms with E-state index in [1.807, 2.05) is 60.7 Å². The summed E-state index contributed by atoms with van der Waals surface area (Å²) in [4.78, 5) is 28.2. The number of hydrogen-bond donors (Lipinski definition) is 0. The molecule has 8 heteroatoms. The van der Waals surface area contributed by atoms with E-state index in [1.165, 1.54) is 38.5 Å². The maximum absolute atomic E-state index is 13.7. The van der Waals surface area contributed by atoms with Gasteiger partial charge in [0.05, 0.1) is 6.61 Å². The quantitative estimate of drug-likeness (QED) is 0.0605. The summed E-state index contributed by atoms with van der Waals surface area (Å²) in [6, 6.07) is 24.5. The lowest BCUT2D eigenvalue weighted by molar-refractivity contribution is -0.488. The van der Waals surface area contributed by atoms with E-state index in [0.29, 0.717) is 41.1 Å². The highest BCUT2D eigenvalue weighted by atomic mass is 16.6. The minimum atomic E-state index is -0.708. The molecular formula is C47H50N2O6. The molecule has 2 saturated carbocycles. The van der Waals surface area contributed by atoms with Crippen molar-refractivity contribution in [1.29, 1.82) is 0 Å². The maximum Gasteiger partial charge on any atom is 0.338 e. The first-order valence-electron chi connectivity index (χ1n) is 20.0. The molecule has 0 amide bonds. The third kappa shape index (κ3) is 8.11. The first-order chi connectivity index (χ1) is 26.8. The number of benzene rings is 3. The molecule has 4 aliphatic carbocycles. The topological polar surface area (TPSA) is 94.4 Å². The van der Waals surface area contributed by atoms with E-state index in [9.17, 15) is 14.7 Å². The predicted octanol–water partition coefficient (Wildman–Crippen LogP) is 8.55. The largest absolute Gasteiger partial charge is 0.874 e. The minimum Gasteiger partial charge on any atom is -0.874 e. The summed E-state index contributed by atoms with van der Waals surface area (Å²) >= 11 is 0. The number of ether oxygens (including phenoxy) is 3. The van der Waals surface area contributed by atoms with E-state index in [0.717, 1.165) is 60.8 Å². The van der Waals surface area contributed by atoms with Crippen molar-refractivity contribution in [3.8, 4) is 11.5 Å². The zero-order valence-corrected chi connectivity index (χ0v) is 31.7. The highest BCUT2D eigenvalue weighted by molar-refractivity contribution is 6.29. The summed E-state index contributed by atoms with van der Waals surface area (Å²) in [5.41, 5.74) is 5.52. The number of ketones is 1. The van der Waals surface area contributed by atoms with Gasteiger partial charge in [-0.2, -0.15) is 4.58 Å². The third-order valence-corrected chi connectivity index (χ3v) is 11.6. The van der Waals surface area contributed by atoms with Gasteiger partial charge in [-0.15, -0.1) is 5.76 Å². The second-order valence-corrected chi connectivity index (χ2v) is 15.6. The van der Waals surface area contributed by atoms with Gasteiger partial charge in [0.2, 0.25) is 11.4 Å². The molecule has 0 N–H and O–H groups in total. The molecule has 3 aromatic carbocycles. The fraction of sp³-hybridized carbons (Fsp3) is 0.383. The Morgan fingerprint density at radius 2 is 1.42 bits per heavy atom. The van der Waals surface area contributed by atoms with E-state index >= 15 is 0 Å². The van der Waals surface area contributed by atoms with Gasteiger partial charge in [0.25, 0.3) is 0 Å². The van der Waals surface area contributed by atoms with Crippen molar-refractivity contribution in [3.05, 3.63) is 121 Å². The van der Waals surface area contributed by atoms with Crippen LogP contribution in [0.2, 0.25) is 0 Å². The number of rotatable bonds is 12. The van der Waals surface area contributed by atoms with Crippen LogP contribution in [0, 0.1) is 11.8 Å². The molecule has 0 bridgehead atoms. The van der Waals surface area contributed by atoms with Gasteiger partial charge in [0, 0.05) is 77.5 Å². The Hall–Kier alpha value is -5.21. The number of hydrogen-bond acceptors (Lipinski definition) is 7. The molecule has 1 saturated heterocycles. The van der Waals surface area contributed by atoms with Crippen molar-refractivity contribution in [3.63, 3.8) is 0 Å². The van der Waals surface area contributed by atoms with Gasteiger partial charge in [-0.3, -0.25) is 4.79 Å². The first-order valence-corrected chi connectivity index (χ1v) is 20.0. The van der Waals surface area contributed by atoms with Crippen LogP contribution in [-0.4, -0.2) is 53.4 Å². The second-order valence-electron chi connectivity index (χ2n) is 15.6. The van der Waals surface area contributed by atoms with Gasteiger partial charge in [0.1, 0.15) is 24.2 Å². The number of esters is 1. The molecule has 3 aromatic rings. The number of carbonyl (C=O) groups is 2. The van der Waals surface area contributed by atoms with Crippen molar-refractivity contribution in [2.24, 2.45) is 11.8 Å². The van der Waals surface area contributed by atoms with Crippen molar-refractivity contribution in [2.75, 3.05) is 18.1 Å². The average molecular weight is 739 g/mol. The molecule has 0 spiro atoms. The molecule has 2 unspecified atom stereocenters. The van der Waals surface area contributed by atoms with Gasteiger partial charge in [-0.25, -0.2) is 4.79 Å². The number of epoxide rings is 1. The zero-order valence-electron chi connectivity index (χ0n) is 31.7. The Morgan fingerprint density at radius 1 is 0.836 bits per heavy atom. The highest BCUT2D eigenvalue weighted by Crippen LogP contribution is 2.42. The van der Waals surface area contributed by atoms with Crippen LogP contribution in [0.4, 0.5) is 17.1 Å². The fourth-order valence-corrected chi connectivity index (χ4v) is 8.56. The van der Waals surface area contributed by atoms with Crippen molar-refractivity contribution in [1.82, 2.24) is 0 Å². The van der Waals surface area contributed by atoms with Crippen molar-refractivity contribution in [2.45, 2.75) is 89.3 Å². The van der Waals surface area contributed by atoms with Crippen LogP contribution in [0.3, 0.4) is 0 Å². The van der Waals surface area contributed by atoms with Gasteiger partial charge < -0.3 is 24.2 Å². The molecule has 0 radical (unpaired) electrons. The van der Waals surface area contributed by atoms with Crippen LogP contribution in [0.5, 0.6) is 11.5 Å². The van der Waals surface area contributed by atoms with Crippen LogP contribution in [0.25, 0.3) is 5.57 Å². The first kappa shape index (κ1) is 36.8. The Balaban J connectivity index is 0.992. The number of Topliss-reactive ketones (excluding diaryl/α,β-unsaturated/α-hetero) is 1. The van der Waals surface area contributed by atoms with Gasteiger partial charge >= 0.3 is 5.97 Å². The Morgan fingerprint density at radius 3 is 2.00 bits per heavy atom. The van der Waals surface area contributed by atoms with E-state index in [4.69, 9.17) is 14.2 Å². The van der Waals surface area contributed by atoms with Crippen molar-refractivity contribution >= 4 is 40.1 Å². The van der Waals surface area contributed by atoms with Gasteiger partial charge in [-0.05, 0) is 86.7 Å². The number of allylic oxidation sites excluding steroid dienone is 6. The number of nitrogens with zero attached hydrogens (tertiary/aromatic N) is 2. The smallest absolute Gasteiger partial charge is 0.338 e. The molecule has 8 nitrogen and oxygen atoms in total. The average Bonchev–Trinajstić information content (AvgIpc) is 4.05. The lowest BCUT2D eigenvalue weighted by atomic mass is 9.71. The lowest BCUT2D eigenvalue weighted by Gasteiger charge is -2.40. The van der Waals surface area contributed by atoms with E-state index in [-0.39, 0.29) is 23.6 Å². The summed E-state index contributed by atoms with van der Waals surface area (Å²) in [5.74, 6) is -0.338. The fourth-order valence-electron chi connectivity index (χ4n) is 8.56. The standard InChI is InChI=1S/C47H50N2O6/c1-31(2)47(52)55-41-27-23-39(24-28-41)49(35-11-7-4-8-12-35)37-19-15-33(16-20-37)44-45(50)43(46(44)51)32-13-17-36(18-14-32)48(34-9-5-3-6-10-34)38-21-25-40(26-22-38)53-29-42-30-54-42/h13-28,33-35,42,44H,1,3-12,29-30H2,2H3. The van der Waals surface area contributed by atoms with E-state index in [1.54, 1.807) is 6.92 Å². The molecule has 55 heavy (non-hydrogen) atoms. The van der Waals surface area contributed by atoms with Crippen LogP contribution in [0.1, 0.15) is 76.7 Å². The minimum absolute atomic E-state index is 0.0964. The normalized spacial score (nSPS) is 22.6. The summed E-state index contributed by atoms with van der Waals surface area (Å²) < 4.78 is 18.9. The molecule has 3 fully saturated rings. The van der Waals surface area contributed by atoms with E-state index in [2.05, 4.69) is 52.5 Å². The van der Waals surface area contributed by atoms with Crippen LogP contribution in [0.15, 0.2) is 115 Å². The SMILES string of the molecule is C=C(C)C(=O)Oc1ccc([N+](=C2C=CC(C3C(=O)C(c4ccc(N(c5ccc(OCC6CO6)cc5)C5CCCCC5)cc4)=C3[O-])C=C2)C2CCCCC2)cc1. The van der Waals surface area contributed by atoms with Gasteiger partial charge in [0.15, 0.2) is 11.8 Å². The molecule has 284 valence electrons. The predicted molar refractivity (Wildman–Crippen MR) is 213 cm³/mol. The number of anilines is 2. The molecule has 8 rings (SSSR count). The summed E-state index contributed by atoms with van der Waals surface area (Å²) in [6.45, 7) is 6.64. The van der Waals surface area contributed by atoms with Crippen LogP contribution < -0.4 is 19.5 Å². The molecule has 1 aliphatic heterocycles. The van der Waals surface area contributed by atoms with Crippen LogP contribution >= 0.6 is 0 Å². The van der Waals surface area contributed by atoms with Crippen LogP contribution in [-0.2, 0) is 14.3 Å². The maximum atomic E-state index is 13.7. The Labute approximate surface area is 324 Å². The van der Waals surface area contributed by atoms with Crippen molar-refractivity contribution < 1.29 is 33.5 Å². The summed E-state index contributed by atoms with van der Waals surface area (Å²) in [7, 11) is 0. The summed E-state index contributed by atoms with van der Waals surface area (Å²) in [6.07, 6.45) is 20.0. The molecule has 5 aliphatic rings. The Kier molecular flexibility index (Phi) is 10.9. The monoisotopic (exact) mass is 738 g/mol. The molecule has 0 aromatic heterocycles.